The molecule has 3 aliphatic rings. The van der Waals surface area contributed by atoms with Crippen LogP contribution in [0.4, 0.5) is 0 Å². The van der Waals surface area contributed by atoms with E-state index < -0.39 is 0 Å². The Morgan fingerprint density at radius 3 is 2.91 bits per heavy atom. The average molecular weight is 370 g/mol. The zero-order chi connectivity index (χ0) is 15.9. The second-order valence-corrected chi connectivity index (χ2v) is 8.31. The molecule has 3 nitrogen and oxygen atoms in total. The van der Waals surface area contributed by atoms with Gasteiger partial charge in [0.15, 0.2) is 0 Å². The first-order chi connectivity index (χ1) is 10.5. The summed E-state index contributed by atoms with van der Waals surface area (Å²) in [7, 11) is 0. The number of piperidine rings is 1. The predicted molar refractivity (Wildman–Crippen MR) is 91.7 cm³/mol. The maximum absolute atomic E-state index is 12.8. The lowest BCUT2D eigenvalue weighted by molar-refractivity contribution is -0.154. The maximum Gasteiger partial charge on any atom is 0.309 e. The number of nitrogens with zero attached hydrogens (tertiary/aromatic N) is 1. The molecule has 2 fully saturated rings. The Morgan fingerprint density at radius 1 is 1.45 bits per heavy atom. The van der Waals surface area contributed by atoms with Gasteiger partial charge in [0.1, 0.15) is 0 Å². The van der Waals surface area contributed by atoms with Crippen LogP contribution in [0.3, 0.4) is 0 Å². The molecule has 0 saturated carbocycles. The van der Waals surface area contributed by atoms with Crippen LogP contribution in [0.2, 0.25) is 0 Å². The van der Waals surface area contributed by atoms with Crippen LogP contribution in [0.1, 0.15) is 40.0 Å². The molecule has 3 rings (SSSR count). The summed E-state index contributed by atoms with van der Waals surface area (Å²) in [5.74, 6) is 1.68. The van der Waals surface area contributed by atoms with Gasteiger partial charge in [-0.25, -0.2) is 0 Å². The minimum atomic E-state index is 0.0115. The van der Waals surface area contributed by atoms with Crippen LogP contribution in [0.5, 0.6) is 0 Å². The van der Waals surface area contributed by atoms with Gasteiger partial charge >= 0.3 is 5.97 Å². The van der Waals surface area contributed by atoms with Crippen molar-refractivity contribution in [3.8, 4) is 0 Å². The Balaban J connectivity index is 1.96. The van der Waals surface area contributed by atoms with Gasteiger partial charge in [-0.05, 0) is 48.5 Å². The van der Waals surface area contributed by atoms with Crippen LogP contribution in [-0.2, 0) is 9.53 Å². The SMILES string of the molecule is CCOC(=O)[C@H]1[C@H]2[C@H](C=C(Br)[C@H]1C(C)C)CN1CCCC[C@H]21. The predicted octanol–water partition coefficient (Wildman–Crippen LogP) is 3.83. The van der Waals surface area contributed by atoms with E-state index in [-0.39, 0.29) is 17.8 Å². The molecule has 4 heteroatoms. The van der Waals surface area contributed by atoms with E-state index in [9.17, 15) is 4.79 Å². The summed E-state index contributed by atoms with van der Waals surface area (Å²) in [6.07, 6.45) is 6.26. The first-order valence-corrected chi connectivity index (χ1v) is 9.61. The van der Waals surface area contributed by atoms with Crippen LogP contribution < -0.4 is 0 Å². The van der Waals surface area contributed by atoms with Gasteiger partial charge in [-0.15, -0.1) is 0 Å². The number of carbonyl (C=O) groups is 1. The van der Waals surface area contributed by atoms with Gasteiger partial charge in [-0.1, -0.05) is 42.3 Å². The summed E-state index contributed by atoms with van der Waals surface area (Å²) < 4.78 is 6.72. The second kappa shape index (κ2) is 6.64. The molecule has 22 heavy (non-hydrogen) atoms. The number of carbonyl (C=O) groups excluding carboxylic acids is 1. The van der Waals surface area contributed by atoms with Crippen molar-refractivity contribution < 1.29 is 9.53 Å². The summed E-state index contributed by atoms with van der Waals surface area (Å²) in [5, 5.41) is 0. The number of hydrogen-bond donors (Lipinski definition) is 0. The Kier molecular flexibility index (Phi) is 4.98. The molecule has 0 aromatic heterocycles. The molecule has 5 atom stereocenters. The Labute approximate surface area is 142 Å². The molecule has 0 radical (unpaired) electrons. The molecule has 0 N–H and O–H groups in total. The van der Waals surface area contributed by atoms with Crippen LogP contribution in [0.15, 0.2) is 10.6 Å². The number of ether oxygens (including phenoxy) is 1. The van der Waals surface area contributed by atoms with E-state index in [1.165, 1.54) is 30.3 Å². The number of halogens is 1. The molecular weight excluding hydrogens is 342 g/mol. The Hall–Kier alpha value is -0.350. The lowest BCUT2D eigenvalue weighted by Crippen LogP contribution is -2.46. The number of allylic oxidation sites excluding steroid dienone is 1. The molecule has 0 aromatic carbocycles. The monoisotopic (exact) mass is 369 g/mol. The first-order valence-electron chi connectivity index (χ1n) is 8.82. The van der Waals surface area contributed by atoms with E-state index in [0.717, 1.165) is 6.54 Å². The minimum Gasteiger partial charge on any atom is -0.466 e. The fourth-order valence-electron chi connectivity index (χ4n) is 5.03. The van der Waals surface area contributed by atoms with E-state index in [1.54, 1.807) is 0 Å². The molecule has 0 unspecified atom stereocenters. The topological polar surface area (TPSA) is 29.5 Å². The quantitative estimate of drug-likeness (QED) is 0.708. The van der Waals surface area contributed by atoms with Crippen molar-refractivity contribution in [1.29, 1.82) is 0 Å². The molecule has 0 spiro atoms. The highest BCUT2D eigenvalue weighted by Gasteiger charge is 2.53. The molecule has 0 bridgehead atoms. The smallest absolute Gasteiger partial charge is 0.309 e. The van der Waals surface area contributed by atoms with Crippen molar-refractivity contribution in [1.82, 2.24) is 4.90 Å². The van der Waals surface area contributed by atoms with Crippen molar-refractivity contribution in [3.05, 3.63) is 10.6 Å². The molecule has 2 heterocycles. The van der Waals surface area contributed by atoms with Gasteiger partial charge in [0.2, 0.25) is 0 Å². The van der Waals surface area contributed by atoms with Crippen LogP contribution in [0.25, 0.3) is 0 Å². The summed E-state index contributed by atoms with van der Waals surface area (Å²) in [6.45, 7) is 9.15. The lowest BCUT2D eigenvalue weighted by Gasteiger charge is -2.42. The fraction of sp³-hybridized carbons (Fsp3) is 0.833. The highest BCUT2D eigenvalue weighted by atomic mass is 79.9. The van der Waals surface area contributed by atoms with E-state index in [4.69, 9.17) is 4.74 Å². The number of hydrogen-bond acceptors (Lipinski definition) is 3. The van der Waals surface area contributed by atoms with Crippen molar-refractivity contribution in [2.45, 2.75) is 46.1 Å². The third-order valence-electron chi connectivity index (χ3n) is 5.82. The fourth-order valence-corrected chi connectivity index (χ4v) is 6.18. The number of fused-ring (bicyclic) bond motifs is 3. The van der Waals surface area contributed by atoms with Crippen molar-refractivity contribution in [3.63, 3.8) is 0 Å². The van der Waals surface area contributed by atoms with Gasteiger partial charge in [0.25, 0.3) is 0 Å². The minimum absolute atomic E-state index is 0.0115. The van der Waals surface area contributed by atoms with Gasteiger partial charge < -0.3 is 4.74 Å². The molecule has 1 aliphatic carbocycles. The van der Waals surface area contributed by atoms with Crippen molar-refractivity contribution >= 4 is 21.9 Å². The highest BCUT2D eigenvalue weighted by molar-refractivity contribution is 9.11. The number of rotatable bonds is 3. The van der Waals surface area contributed by atoms with E-state index >= 15 is 0 Å². The number of esters is 1. The lowest BCUT2D eigenvalue weighted by atomic mass is 9.65. The Morgan fingerprint density at radius 2 is 2.23 bits per heavy atom. The van der Waals surface area contributed by atoms with E-state index in [2.05, 4.69) is 40.8 Å². The van der Waals surface area contributed by atoms with Gasteiger partial charge in [0, 0.05) is 18.5 Å². The van der Waals surface area contributed by atoms with Gasteiger partial charge in [-0.2, -0.15) is 0 Å². The standard InChI is InChI=1S/C18H28BrNO2/c1-4-22-18(21)17-15(11(2)3)13(19)9-12-10-20-8-6-5-7-14(20)16(12)17/h9,11-12,14-17H,4-8,10H2,1-3H3/t12-,14-,15-,16+,17-/m1/s1. The third-order valence-corrected chi connectivity index (χ3v) is 6.61. The zero-order valence-corrected chi connectivity index (χ0v) is 15.5. The summed E-state index contributed by atoms with van der Waals surface area (Å²) >= 11 is 3.79. The van der Waals surface area contributed by atoms with E-state index in [1.807, 2.05) is 6.92 Å². The van der Waals surface area contributed by atoms with Crippen molar-refractivity contribution in [2.24, 2.45) is 29.6 Å². The highest BCUT2D eigenvalue weighted by Crippen LogP contribution is 2.51. The molecule has 124 valence electrons. The van der Waals surface area contributed by atoms with Crippen LogP contribution >= 0.6 is 15.9 Å². The Bertz CT molecular complexity index is 462. The maximum atomic E-state index is 12.8. The summed E-state index contributed by atoms with van der Waals surface area (Å²) in [5.41, 5.74) is 0. The normalized spacial score (nSPS) is 38.4. The molecular formula is C18H28BrNO2. The summed E-state index contributed by atoms with van der Waals surface area (Å²) in [6, 6.07) is 0.575. The molecule has 2 saturated heterocycles. The summed E-state index contributed by atoms with van der Waals surface area (Å²) in [4.78, 5) is 15.4. The second-order valence-electron chi connectivity index (χ2n) is 7.40. The van der Waals surface area contributed by atoms with Crippen LogP contribution in [-0.4, -0.2) is 36.6 Å². The third kappa shape index (κ3) is 2.77. The van der Waals surface area contributed by atoms with Gasteiger partial charge in [0.05, 0.1) is 12.5 Å². The first kappa shape index (κ1) is 16.5. The van der Waals surface area contributed by atoms with Gasteiger partial charge in [-0.3, -0.25) is 9.69 Å². The molecule has 0 aromatic rings. The largest absolute Gasteiger partial charge is 0.466 e. The van der Waals surface area contributed by atoms with Crippen molar-refractivity contribution in [2.75, 3.05) is 19.7 Å². The van der Waals surface area contributed by atoms with Crippen LogP contribution in [0, 0.1) is 29.6 Å². The molecule has 2 aliphatic heterocycles. The molecule has 0 amide bonds. The average Bonchev–Trinajstić information content (AvgIpc) is 2.83. The zero-order valence-electron chi connectivity index (χ0n) is 13.9. The van der Waals surface area contributed by atoms with E-state index in [0.29, 0.717) is 30.4 Å².